The van der Waals surface area contributed by atoms with Crippen molar-refractivity contribution in [2.24, 2.45) is 0 Å². The van der Waals surface area contributed by atoms with Crippen molar-refractivity contribution in [3.05, 3.63) is 35.9 Å². The molecule has 1 aromatic carbocycles. The third kappa shape index (κ3) is 2.64. The highest BCUT2D eigenvalue weighted by molar-refractivity contribution is 6.04. The number of likely N-dealkylation sites (N-methyl/N-ethyl adjacent to an activating group) is 1. The van der Waals surface area contributed by atoms with Gasteiger partial charge >= 0.3 is 0 Å². The number of piperidine rings is 1. The number of nitrogens with one attached hydrogen (secondary N) is 1. The number of hydrogen-bond donors (Lipinski definition) is 1. The summed E-state index contributed by atoms with van der Waals surface area (Å²) in [7, 11) is 0. The van der Waals surface area contributed by atoms with Crippen molar-refractivity contribution in [3.8, 4) is 6.07 Å². The van der Waals surface area contributed by atoms with Gasteiger partial charge in [0, 0.05) is 19.4 Å². The molecular weight excluding hydrogens is 290 g/mol. The number of quaternary nitrogens is 1. The van der Waals surface area contributed by atoms with Gasteiger partial charge in [0.15, 0.2) is 6.04 Å². The largest absolute Gasteiger partial charge is 0.324 e. The van der Waals surface area contributed by atoms with Gasteiger partial charge in [0.05, 0.1) is 31.0 Å². The fourth-order valence-electron chi connectivity index (χ4n) is 3.90. The van der Waals surface area contributed by atoms with Gasteiger partial charge in [-0.25, -0.2) is 0 Å². The van der Waals surface area contributed by atoms with E-state index in [0.29, 0.717) is 13.0 Å². The number of likely N-dealkylation sites (tertiary alicyclic amines) is 2. The van der Waals surface area contributed by atoms with Crippen LogP contribution in [0.5, 0.6) is 0 Å². The lowest BCUT2D eigenvalue weighted by Gasteiger charge is -2.37. The van der Waals surface area contributed by atoms with Crippen LogP contribution in [0.1, 0.15) is 31.7 Å². The number of nitrogens with zero attached hydrogens (tertiary/aromatic N) is 2. The van der Waals surface area contributed by atoms with E-state index in [1.54, 1.807) is 0 Å². The zero-order valence-corrected chi connectivity index (χ0v) is 13.4. The molecule has 2 fully saturated rings. The van der Waals surface area contributed by atoms with Crippen molar-refractivity contribution >= 4 is 11.8 Å². The van der Waals surface area contributed by atoms with Gasteiger partial charge < -0.3 is 4.90 Å². The molecule has 2 amide bonds. The molecule has 0 saturated carbocycles. The SMILES string of the molecule is CCN1C(=O)C[C@H]([NH+]2CCC(C#N)(c3ccccc3)CC2)C1=O. The molecule has 2 aliphatic rings. The van der Waals surface area contributed by atoms with Gasteiger partial charge in [-0.3, -0.25) is 14.5 Å². The van der Waals surface area contributed by atoms with Gasteiger partial charge in [0.25, 0.3) is 5.91 Å². The first-order valence-corrected chi connectivity index (χ1v) is 8.27. The Balaban J connectivity index is 1.73. The van der Waals surface area contributed by atoms with Crippen LogP contribution >= 0.6 is 0 Å². The Kier molecular flexibility index (Phi) is 4.18. The van der Waals surface area contributed by atoms with E-state index < -0.39 is 5.41 Å². The van der Waals surface area contributed by atoms with Gasteiger partial charge in [0.2, 0.25) is 5.91 Å². The molecule has 2 heterocycles. The number of nitriles is 1. The van der Waals surface area contributed by atoms with E-state index >= 15 is 0 Å². The minimum absolute atomic E-state index is 0.0448. The number of hydrogen-bond acceptors (Lipinski definition) is 3. The third-order valence-electron chi connectivity index (χ3n) is 5.34. The number of benzene rings is 1. The molecule has 2 aliphatic heterocycles. The smallest absolute Gasteiger partial charge is 0.287 e. The van der Waals surface area contributed by atoms with Gasteiger partial charge in [0.1, 0.15) is 0 Å². The Morgan fingerprint density at radius 3 is 2.43 bits per heavy atom. The van der Waals surface area contributed by atoms with Crippen LogP contribution in [0.4, 0.5) is 0 Å². The second-order valence-corrected chi connectivity index (χ2v) is 6.45. The van der Waals surface area contributed by atoms with E-state index in [1.807, 2.05) is 37.3 Å². The molecule has 1 aromatic rings. The fourth-order valence-corrected chi connectivity index (χ4v) is 3.90. The summed E-state index contributed by atoms with van der Waals surface area (Å²) < 4.78 is 0. The number of carbonyl (C=O) groups is 2. The molecule has 0 aromatic heterocycles. The van der Waals surface area contributed by atoms with Gasteiger partial charge in [-0.1, -0.05) is 30.3 Å². The highest BCUT2D eigenvalue weighted by Crippen LogP contribution is 2.31. The number of imide groups is 1. The normalized spacial score (nSPS) is 31.2. The Morgan fingerprint density at radius 1 is 1.26 bits per heavy atom. The van der Waals surface area contributed by atoms with Crippen LogP contribution in [0, 0.1) is 11.3 Å². The van der Waals surface area contributed by atoms with E-state index in [4.69, 9.17) is 0 Å². The van der Waals surface area contributed by atoms with E-state index in [9.17, 15) is 14.9 Å². The molecule has 1 atom stereocenters. The van der Waals surface area contributed by atoms with E-state index in [1.165, 1.54) is 4.90 Å². The summed E-state index contributed by atoms with van der Waals surface area (Å²) in [4.78, 5) is 26.8. The van der Waals surface area contributed by atoms with Crippen molar-refractivity contribution in [2.75, 3.05) is 19.6 Å². The summed E-state index contributed by atoms with van der Waals surface area (Å²) in [6.07, 6.45) is 1.77. The van der Waals surface area contributed by atoms with Crippen LogP contribution in [0.25, 0.3) is 0 Å². The molecule has 120 valence electrons. The summed E-state index contributed by atoms with van der Waals surface area (Å²) in [6, 6.07) is 12.2. The predicted molar refractivity (Wildman–Crippen MR) is 84.5 cm³/mol. The summed E-state index contributed by atoms with van der Waals surface area (Å²) in [5.41, 5.74) is 0.603. The molecule has 0 radical (unpaired) electrons. The molecular formula is C18H22N3O2+. The maximum atomic E-state index is 12.4. The molecule has 0 bridgehead atoms. The lowest BCUT2D eigenvalue weighted by molar-refractivity contribution is -0.921. The second kappa shape index (κ2) is 6.13. The van der Waals surface area contributed by atoms with Crippen molar-refractivity contribution < 1.29 is 14.5 Å². The monoisotopic (exact) mass is 312 g/mol. The standard InChI is InChI=1S/C18H21N3O2/c1-2-21-16(22)12-15(17(21)23)20-10-8-18(13-19,9-11-20)14-6-4-3-5-7-14/h3-7,15H,2,8-12H2,1H3/p+1/t15-/m0/s1. The molecule has 2 saturated heterocycles. The van der Waals surface area contributed by atoms with Crippen LogP contribution in [-0.2, 0) is 15.0 Å². The van der Waals surface area contributed by atoms with Crippen LogP contribution < -0.4 is 4.90 Å². The van der Waals surface area contributed by atoms with Crippen LogP contribution in [0.2, 0.25) is 0 Å². The first-order valence-electron chi connectivity index (χ1n) is 8.27. The Bertz CT molecular complexity index is 642. The molecule has 0 aliphatic carbocycles. The van der Waals surface area contributed by atoms with E-state index in [0.717, 1.165) is 36.4 Å². The zero-order chi connectivity index (χ0) is 16.4. The number of amides is 2. The molecule has 23 heavy (non-hydrogen) atoms. The van der Waals surface area contributed by atoms with E-state index in [2.05, 4.69) is 6.07 Å². The number of rotatable bonds is 3. The Hall–Kier alpha value is -2.19. The molecule has 0 unspecified atom stereocenters. The fraction of sp³-hybridized carbons (Fsp3) is 0.500. The summed E-state index contributed by atoms with van der Waals surface area (Å²) >= 11 is 0. The average Bonchev–Trinajstić information content (AvgIpc) is 2.89. The first-order chi connectivity index (χ1) is 11.1. The van der Waals surface area contributed by atoms with Gasteiger partial charge in [-0.2, -0.15) is 5.26 Å². The van der Waals surface area contributed by atoms with Crippen molar-refractivity contribution in [1.82, 2.24) is 4.90 Å². The predicted octanol–water partition coefficient (Wildman–Crippen LogP) is 0.274. The molecule has 5 nitrogen and oxygen atoms in total. The van der Waals surface area contributed by atoms with Gasteiger partial charge in [-0.15, -0.1) is 0 Å². The highest BCUT2D eigenvalue weighted by atomic mass is 16.2. The lowest BCUT2D eigenvalue weighted by Crippen LogP contribution is -3.18. The molecule has 5 heteroatoms. The topological polar surface area (TPSA) is 65.6 Å². The minimum Gasteiger partial charge on any atom is -0.324 e. The summed E-state index contributed by atoms with van der Waals surface area (Å²) in [5.74, 6) is -0.105. The lowest BCUT2D eigenvalue weighted by atomic mass is 9.74. The summed E-state index contributed by atoms with van der Waals surface area (Å²) in [6.45, 7) is 3.79. The van der Waals surface area contributed by atoms with Crippen LogP contribution in [-0.4, -0.2) is 42.4 Å². The van der Waals surface area contributed by atoms with E-state index in [-0.39, 0.29) is 17.9 Å². The Labute approximate surface area is 136 Å². The maximum absolute atomic E-state index is 12.4. The first kappa shape index (κ1) is 15.7. The second-order valence-electron chi connectivity index (χ2n) is 6.45. The van der Waals surface area contributed by atoms with Gasteiger partial charge in [-0.05, 0) is 12.5 Å². The van der Waals surface area contributed by atoms with Crippen molar-refractivity contribution in [1.29, 1.82) is 5.26 Å². The summed E-state index contributed by atoms with van der Waals surface area (Å²) in [5, 5.41) is 9.73. The minimum atomic E-state index is -0.457. The quantitative estimate of drug-likeness (QED) is 0.815. The Morgan fingerprint density at radius 2 is 1.91 bits per heavy atom. The highest BCUT2D eigenvalue weighted by Gasteiger charge is 2.47. The molecule has 0 spiro atoms. The maximum Gasteiger partial charge on any atom is 0.287 e. The van der Waals surface area contributed by atoms with Crippen LogP contribution in [0.3, 0.4) is 0 Å². The molecule has 1 N–H and O–H groups in total. The average molecular weight is 312 g/mol. The van der Waals surface area contributed by atoms with Crippen LogP contribution in [0.15, 0.2) is 30.3 Å². The van der Waals surface area contributed by atoms with Crippen molar-refractivity contribution in [2.45, 2.75) is 37.6 Å². The zero-order valence-electron chi connectivity index (χ0n) is 13.4. The third-order valence-corrected chi connectivity index (χ3v) is 5.34. The van der Waals surface area contributed by atoms with Crippen molar-refractivity contribution in [3.63, 3.8) is 0 Å². The number of carbonyl (C=O) groups excluding carboxylic acids is 2. The molecule has 3 rings (SSSR count).